The first-order valence-electron chi connectivity index (χ1n) is 6.78. The lowest BCUT2D eigenvalue weighted by Crippen LogP contribution is -2.34. The summed E-state index contributed by atoms with van der Waals surface area (Å²) in [5, 5.41) is 3.52. The Morgan fingerprint density at radius 2 is 1.94 bits per heavy atom. The number of ether oxygens (including phenoxy) is 1. The van der Waals surface area contributed by atoms with E-state index in [2.05, 4.69) is 31.0 Å². The molecule has 0 radical (unpaired) electrons. The molecule has 0 fully saturated rings. The van der Waals surface area contributed by atoms with Crippen molar-refractivity contribution in [3.8, 4) is 0 Å². The molecule has 0 rings (SSSR count). The van der Waals surface area contributed by atoms with E-state index in [9.17, 15) is 0 Å². The first-order valence-corrected chi connectivity index (χ1v) is 6.78. The van der Waals surface area contributed by atoms with Crippen LogP contribution < -0.4 is 5.32 Å². The Bertz CT molecular complexity index is 142. The van der Waals surface area contributed by atoms with Gasteiger partial charge >= 0.3 is 0 Å². The summed E-state index contributed by atoms with van der Waals surface area (Å²) < 4.78 is 5.38. The molecular weight excluding hydrogens is 200 g/mol. The van der Waals surface area contributed by atoms with Crippen LogP contribution in [0.15, 0.2) is 0 Å². The molecule has 0 aromatic heterocycles. The predicted octanol–water partition coefficient (Wildman–Crippen LogP) is 2.12. The molecule has 3 heteroatoms. The quantitative estimate of drug-likeness (QED) is 0.550. The van der Waals surface area contributed by atoms with E-state index in [1.807, 2.05) is 6.92 Å². The largest absolute Gasteiger partial charge is 0.380 e. The Labute approximate surface area is 102 Å². The van der Waals surface area contributed by atoms with Gasteiger partial charge in [0.1, 0.15) is 0 Å². The van der Waals surface area contributed by atoms with Crippen LogP contribution in [0.1, 0.15) is 40.5 Å². The van der Waals surface area contributed by atoms with Crippen molar-refractivity contribution in [1.29, 1.82) is 0 Å². The summed E-state index contributed by atoms with van der Waals surface area (Å²) in [5.74, 6) is 0. The van der Waals surface area contributed by atoms with Crippen molar-refractivity contribution < 1.29 is 4.74 Å². The second-order valence-corrected chi connectivity index (χ2v) is 4.28. The van der Waals surface area contributed by atoms with Gasteiger partial charge < -0.3 is 15.0 Å². The van der Waals surface area contributed by atoms with Gasteiger partial charge in [-0.2, -0.15) is 0 Å². The summed E-state index contributed by atoms with van der Waals surface area (Å²) in [6.45, 7) is 14.9. The summed E-state index contributed by atoms with van der Waals surface area (Å²) in [5.41, 5.74) is 0. The second kappa shape index (κ2) is 11.4. The molecule has 0 aliphatic rings. The molecule has 0 saturated carbocycles. The van der Waals surface area contributed by atoms with Gasteiger partial charge in [-0.25, -0.2) is 0 Å². The van der Waals surface area contributed by atoms with Crippen LogP contribution in [0.2, 0.25) is 0 Å². The third-order valence-corrected chi connectivity index (χ3v) is 2.82. The van der Waals surface area contributed by atoms with E-state index in [0.29, 0.717) is 6.04 Å². The number of likely N-dealkylation sites (N-methyl/N-ethyl adjacent to an activating group) is 1. The highest BCUT2D eigenvalue weighted by atomic mass is 16.5. The highest BCUT2D eigenvalue weighted by molar-refractivity contribution is 4.64. The maximum atomic E-state index is 5.38. The highest BCUT2D eigenvalue weighted by Crippen LogP contribution is 1.96. The highest BCUT2D eigenvalue weighted by Gasteiger charge is 2.05. The molecule has 16 heavy (non-hydrogen) atoms. The smallest absolute Gasteiger partial charge is 0.0593 e. The third kappa shape index (κ3) is 9.13. The van der Waals surface area contributed by atoms with Crippen LogP contribution in [0.3, 0.4) is 0 Å². The summed E-state index contributed by atoms with van der Waals surface area (Å²) in [4.78, 5) is 2.46. The molecule has 0 heterocycles. The molecule has 0 aromatic rings. The molecule has 98 valence electrons. The lowest BCUT2D eigenvalue weighted by atomic mass is 10.2. The van der Waals surface area contributed by atoms with Crippen molar-refractivity contribution in [3.63, 3.8) is 0 Å². The summed E-state index contributed by atoms with van der Waals surface area (Å²) in [6.07, 6.45) is 2.44. The van der Waals surface area contributed by atoms with Crippen molar-refractivity contribution >= 4 is 0 Å². The van der Waals surface area contributed by atoms with E-state index >= 15 is 0 Å². The minimum Gasteiger partial charge on any atom is -0.380 e. The van der Waals surface area contributed by atoms with E-state index in [0.717, 1.165) is 32.8 Å². The van der Waals surface area contributed by atoms with Gasteiger partial charge in [0.05, 0.1) is 6.61 Å². The van der Waals surface area contributed by atoms with E-state index < -0.39 is 0 Å². The normalized spacial score (nSPS) is 13.3. The first-order chi connectivity index (χ1) is 7.74. The number of hydrogen-bond donors (Lipinski definition) is 1. The zero-order chi connectivity index (χ0) is 12.2. The van der Waals surface area contributed by atoms with E-state index in [1.54, 1.807) is 0 Å². The lowest BCUT2D eigenvalue weighted by Gasteiger charge is -2.22. The second-order valence-electron chi connectivity index (χ2n) is 4.28. The van der Waals surface area contributed by atoms with E-state index in [-0.39, 0.29) is 0 Å². The molecule has 0 aromatic carbocycles. The van der Waals surface area contributed by atoms with Crippen molar-refractivity contribution in [3.05, 3.63) is 0 Å². The van der Waals surface area contributed by atoms with Crippen LogP contribution >= 0.6 is 0 Å². The monoisotopic (exact) mass is 230 g/mol. The van der Waals surface area contributed by atoms with Crippen molar-refractivity contribution in [1.82, 2.24) is 10.2 Å². The van der Waals surface area contributed by atoms with Gasteiger partial charge in [0.15, 0.2) is 0 Å². The Morgan fingerprint density at radius 3 is 2.50 bits per heavy atom. The SMILES string of the molecule is CCCNC(C)CCN(CC)CCOCC. The van der Waals surface area contributed by atoms with Crippen molar-refractivity contribution in [2.24, 2.45) is 0 Å². The molecule has 0 aliphatic carbocycles. The van der Waals surface area contributed by atoms with Crippen molar-refractivity contribution in [2.45, 2.75) is 46.6 Å². The van der Waals surface area contributed by atoms with Gasteiger partial charge in [-0.15, -0.1) is 0 Å². The standard InChI is InChI=1S/C13H30N2O/c1-5-9-14-13(4)8-10-15(6-2)11-12-16-7-3/h13-14H,5-12H2,1-4H3. The number of nitrogens with zero attached hydrogens (tertiary/aromatic N) is 1. The maximum absolute atomic E-state index is 5.38. The summed E-state index contributed by atoms with van der Waals surface area (Å²) >= 11 is 0. The Balaban J connectivity index is 3.52. The predicted molar refractivity (Wildman–Crippen MR) is 71.0 cm³/mol. The van der Waals surface area contributed by atoms with Crippen LogP contribution in [0, 0.1) is 0 Å². The van der Waals surface area contributed by atoms with Crippen LogP contribution in [-0.2, 0) is 4.74 Å². The van der Waals surface area contributed by atoms with Gasteiger partial charge in [0.25, 0.3) is 0 Å². The van der Waals surface area contributed by atoms with Crippen LogP contribution in [0.25, 0.3) is 0 Å². The van der Waals surface area contributed by atoms with Gasteiger partial charge in [0.2, 0.25) is 0 Å². The molecule has 3 nitrogen and oxygen atoms in total. The fourth-order valence-electron chi connectivity index (χ4n) is 1.64. The van der Waals surface area contributed by atoms with Gasteiger partial charge in [-0.3, -0.25) is 0 Å². The molecule has 1 unspecified atom stereocenters. The molecule has 0 amide bonds. The number of hydrogen-bond acceptors (Lipinski definition) is 3. The molecule has 0 bridgehead atoms. The first kappa shape index (κ1) is 15.9. The molecule has 1 N–H and O–H groups in total. The molecule has 0 aliphatic heterocycles. The topological polar surface area (TPSA) is 24.5 Å². The van der Waals surface area contributed by atoms with E-state index in [4.69, 9.17) is 4.74 Å². The fourth-order valence-corrected chi connectivity index (χ4v) is 1.64. The zero-order valence-corrected chi connectivity index (χ0v) is 11.6. The zero-order valence-electron chi connectivity index (χ0n) is 11.6. The summed E-state index contributed by atoms with van der Waals surface area (Å²) in [7, 11) is 0. The Hall–Kier alpha value is -0.120. The van der Waals surface area contributed by atoms with Crippen LogP contribution in [0.4, 0.5) is 0 Å². The van der Waals surface area contributed by atoms with Gasteiger partial charge in [0, 0.05) is 19.2 Å². The van der Waals surface area contributed by atoms with E-state index in [1.165, 1.54) is 19.4 Å². The molecule has 0 saturated heterocycles. The third-order valence-electron chi connectivity index (χ3n) is 2.82. The number of nitrogens with one attached hydrogen (secondary N) is 1. The molecular formula is C13H30N2O. The van der Waals surface area contributed by atoms with Gasteiger partial charge in [-0.05, 0) is 46.3 Å². The van der Waals surface area contributed by atoms with Crippen LogP contribution in [-0.4, -0.2) is 50.3 Å². The maximum Gasteiger partial charge on any atom is 0.0593 e. The minimum absolute atomic E-state index is 0.626. The van der Waals surface area contributed by atoms with Crippen molar-refractivity contribution in [2.75, 3.05) is 39.4 Å². The average Bonchev–Trinajstić information content (AvgIpc) is 2.31. The van der Waals surface area contributed by atoms with Gasteiger partial charge in [-0.1, -0.05) is 13.8 Å². The Kier molecular flexibility index (Phi) is 11.3. The lowest BCUT2D eigenvalue weighted by molar-refractivity contribution is 0.114. The molecule has 1 atom stereocenters. The average molecular weight is 230 g/mol. The fraction of sp³-hybridized carbons (Fsp3) is 1.00. The summed E-state index contributed by atoms with van der Waals surface area (Å²) in [6, 6.07) is 0.626. The van der Waals surface area contributed by atoms with Crippen LogP contribution in [0.5, 0.6) is 0 Å². The molecule has 0 spiro atoms. The number of rotatable bonds is 11. The Morgan fingerprint density at radius 1 is 1.19 bits per heavy atom. The minimum atomic E-state index is 0.626.